The Morgan fingerprint density at radius 2 is 2.18 bits per heavy atom. The molecule has 0 aliphatic carbocycles. The van der Waals surface area contributed by atoms with Crippen molar-refractivity contribution < 1.29 is 9.90 Å². The number of nitrogens with zero attached hydrogens (tertiary/aromatic N) is 2. The Hall–Kier alpha value is -0.940. The average molecular weight is 256 g/mol. The molecule has 0 radical (unpaired) electrons. The van der Waals surface area contributed by atoms with Gasteiger partial charge in [0.05, 0.1) is 17.3 Å². The lowest BCUT2D eigenvalue weighted by atomic mass is 10.1. The predicted molar refractivity (Wildman–Crippen MR) is 69.4 cm³/mol. The van der Waals surface area contributed by atoms with E-state index in [0.29, 0.717) is 17.3 Å². The van der Waals surface area contributed by atoms with Crippen LogP contribution in [0.2, 0.25) is 0 Å². The highest BCUT2D eigenvalue weighted by Gasteiger charge is 2.18. The Bertz CT molecular complexity index is 388. The van der Waals surface area contributed by atoms with Gasteiger partial charge in [-0.15, -0.1) is 11.3 Å². The maximum atomic E-state index is 12.0. The van der Waals surface area contributed by atoms with Gasteiger partial charge in [0.1, 0.15) is 4.88 Å². The number of aryl methyl sites for hydroxylation is 1. The second-order valence-electron chi connectivity index (χ2n) is 4.57. The summed E-state index contributed by atoms with van der Waals surface area (Å²) in [5.41, 5.74) is 0.792. The normalized spacial score (nSPS) is 10.9. The molecular formula is C12H20N2O2S. The SMILES string of the molecule is Cc1nc(CC(C)C)sc1C(=O)N(C)CCO. The van der Waals surface area contributed by atoms with Crippen molar-refractivity contribution in [2.24, 2.45) is 5.92 Å². The minimum absolute atomic E-state index is 0.0149. The second-order valence-corrected chi connectivity index (χ2v) is 5.65. The molecule has 1 amide bonds. The Labute approximate surface area is 106 Å². The molecule has 4 nitrogen and oxygen atoms in total. The van der Waals surface area contributed by atoms with Crippen LogP contribution in [0, 0.1) is 12.8 Å². The largest absolute Gasteiger partial charge is 0.395 e. The van der Waals surface area contributed by atoms with Crippen LogP contribution in [0.5, 0.6) is 0 Å². The molecule has 17 heavy (non-hydrogen) atoms. The molecule has 1 heterocycles. The number of likely N-dealkylation sites (N-methyl/N-ethyl adjacent to an activating group) is 1. The number of amides is 1. The minimum Gasteiger partial charge on any atom is -0.395 e. The summed E-state index contributed by atoms with van der Waals surface area (Å²) >= 11 is 1.47. The van der Waals surface area contributed by atoms with E-state index in [1.165, 1.54) is 16.2 Å². The van der Waals surface area contributed by atoms with E-state index >= 15 is 0 Å². The van der Waals surface area contributed by atoms with E-state index in [9.17, 15) is 4.79 Å². The highest BCUT2D eigenvalue weighted by molar-refractivity contribution is 7.13. The standard InChI is InChI=1S/C12H20N2O2S/c1-8(2)7-10-13-9(3)11(17-10)12(16)14(4)5-6-15/h8,15H,5-7H2,1-4H3. The molecule has 0 saturated carbocycles. The summed E-state index contributed by atoms with van der Waals surface area (Å²) in [6.07, 6.45) is 0.905. The number of rotatable bonds is 5. The van der Waals surface area contributed by atoms with Gasteiger partial charge in [0, 0.05) is 20.0 Å². The molecule has 0 aromatic carbocycles. The average Bonchev–Trinajstić information content (AvgIpc) is 2.57. The van der Waals surface area contributed by atoms with Crippen molar-refractivity contribution >= 4 is 17.2 Å². The Balaban J connectivity index is 2.83. The summed E-state index contributed by atoms with van der Waals surface area (Å²) < 4.78 is 0. The molecule has 0 aliphatic rings. The van der Waals surface area contributed by atoms with Gasteiger partial charge in [-0.25, -0.2) is 4.98 Å². The van der Waals surface area contributed by atoms with Crippen LogP contribution in [0.1, 0.15) is 34.2 Å². The van der Waals surface area contributed by atoms with Crippen LogP contribution in [0.4, 0.5) is 0 Å². The topological polar surface area (TPSA) is 53.4 Å². The van der Waals surface area contributed by atoms with Crippen molar-refractivity contribution in [2.75, 3.05) is 20.2 Å². The number of aliphatic hydroxyl groups excluding tert-OH is 1. The second kappa shape index (κ2) is 6.12. The van der Waals surface area contributed by atoms with Crippen molar-refractivity contribution in [3.63, 3.8) is 0 Å². The van der Waals surface area contributed by atoms with Gasteiger partial charge in [0.15, 0.2) is 0 Å². The first-order chi connectivity index (χ1) is 7.95. The molecule has 0 unspecified atom stereocenters. The van der Waals surface area contributed by atoms with Gasteiger partial charge in [-0.1, -0.05) is 13.8 Å². The van der Waals surface area contributed by atoms with Crippen molar-refractivity contribution in [3.8, 4) is 0 Å². The van der Waals surface area contributed by atoms with Gasteiger partial charge in [0.25, 0.3) is 5.91 Å². The Kier molecular flexibility index (Phi) is 5.08. The summed E-state index contributed by atoms with van der Waals surface area (Å²) in [4.78, 5) is 18.7. The molecule has 0 spiro atoms. The first-order valence-corrected chi connectivity index (χ1v) is 6.60. The first kappa shape index (κ1) is 14.1. The monoisotopic (exact) mass is 256 g/mol. The quantitative estimate of drug-likeness (QED) is 0.872. The molecular weight excluding hydrogens is 236 g/mol. The van der Waals surface area contributed by atoms with E-state index in [4.69, 9.17) is 5.11 Å². The van der Waals surface area contributed by atoms with Gasteiger partial charge in [-0.2, -0.15) is 0 Å². The summed E-state index contributed by atoms with van der Waals surface area (Å²) in [5, 5.41) is 9.83. The van der Waals surface area contributed by atoms with Gasteiger partial charge in [-0.05, 0) is 12.8 Å². The molecule has 96 valence electrons. The lowest BCUT2D eigenvalue weighted by Gasteiger charge is -2.14. The van der Waals surface area contributed by atoms with Crippen LogP contribution in [0.3, 0.4) is 0 Å². The number of carbonyl (C=O) groups excluding carboxylic acids is 1. The summed E-state index contributed by atoms with van der Waals surface area (Å²) in [6, 6.07) is 0. The van der Waals surface area contributed by atoms with Crippen molar-refractivity contribution in [1.29, 1.82) is 0 Å². The number of aliphatic hydroxyl groups is 1. The van der Waals surface area contributed by atoms with Crippen molar-refractivity contribution in [1.82, 2.24) is 9.88 Å². The van der Waals surface area contributed by atoms with Crippen molar-refractivity contribution in [2.45, 2.75) is 27.2 Å². The molecule has 5 heteroatoms. The summed E-state index contributed by atoms with van der Waals surface area (Å²) in [5.74, 6) is 0.489. The van der Waals surface area contributed by atoms with Crippen LogP contribution in [0.15, 0.2) is 0 Å². The zero-order valence-corrected chi connectivity index (χ0v) is 11.7. The number of hydrogen-bond acceptors (Lipinski definition) is 4. The fourth-order valence-corrected chi connectivity index (χ4v) is 2.78. The maximum absolute atomic E-state index is 12.0. The highest BCUT2D eigenvalue weighted by Crippen LogP contribution is 2.21. The molecule has 0 aliphatic heterocycles. The van der Waals surface area contributed by atoms with Crippen LogP contribution < -0.4 is 0 Å². The smallest absolute Gasteiger partial charge is 0.265 e. The van der Waals surface area contributed by atoms with Crippen LogP contribution in [-0.2, 0) is 6.42 Å². The molecule has 1 aromatic heterocycles. The number of carbonyl (C=O) groups is 1. The van der Waals surface area contributed by atoms with Crippen LogP contribution in [0.25, 0.3) is 0 Å². The minimum atomic E-state index is -0.0518. The summed E-state index contributed by atoms with van der Waals surface area (Å²) in [6.45, 7) is 6.47. The van der Waals surface area contributed by atoms with E-state index in [2.05, 4.69) is 18.8 Å². The molecule has 1 N–H and O–H groups in total. The van der Waals surface area contributed by atoms with Gasteiger partial charge in [-0.3, -0.25) is 4.79 Å². The third kappa shape index (κ3) is 3.78. The third-order valence-electron chi connectivity index (χ3n) is 2.40. The lowest BCUT2D eigenvalue weighted by molar-refractivity contribution is 0.0771. The van der Waals surface area contributed by atoms with Gasteiger partial charge >= 0.3 is 0 Å². The summed E-state index contributed by atoms with van der Waals surface area (Å²) in [7, 11) is 1.69. The molecule has 0 bridgehead atoms. The number of hydrogen-bond donors (Lipinski definition) is 1. The molecule has 1 rings (SSSR count). The van der Waals surface area contributed by atoms with E-state index < -0.39 is 0 Å². The van der Waals surface area contributed by atoms with E-state index in [1.54, 1.807) is 7.05 Å². The predicted octanol–water partition coefficient (Wildman–Crippen LogP) is 1.71. The third-order valence-corrected chi connectivity index (χ3v) is 3.57. The Morgan fingerprint density at radius 1 is 1.53 bits per heavy atom. The number of thiazole rings is 1. The maximum Gasteiger partial charge on any atom is 0.265 e. The van der Waals surface area contributed by atoms with E-state index in [1.807, 2.05) is 6.92 Å². The van der Waals surface area contributed by atoms with E-state index in [-0.39, 0.29) is 12.5 Å². The fraction of sp³-hybridized carbons (Fsp3) is 0.667. The highest BCUT2D eigenvalue weighted by atomic mass is 32.1. The zero-order chi connectivity index (χ0) is 13.0. The molecule has 1 aromatic rings. The fourth-order valence-electron chi connectivity index (χ4n) is 1.51. The zero-order valence-electron chi connectivity index (χ0n) is 10.9. The first-order valence-electron chi connectivity index (χ1n) is 5.78. The van der Waals surface area contributed by atoms with Crippen LogP contribution in [-0.4, -0.2) is 41.1 Å². The number of aromatic nitrogens is 1. The molecule has 0 saturated heterocycles. The Morgan fingerprint density at radius 3 is 2.71 bits per heavy atom. The van der Waals surface area contributed by atoms with Gasteiger partial charge in [0.2, 0.25) is 0 Å². The molecule has 0 atom stereocenters. The van der Waals surface area contributed by atoms with Crippen molar-refractivity contribution in [3.05, 3.63) is 15.6 Å². The molecule has 0 fully saturated rings. The van der Waals surface area contributed by atoms with Gasteiger partial charge < -0.3 is 10.0 Å². The van der Waals surface area contributed by atoms with E-state index in [0.717, 1.165) is 17.1 Å². The van der Waals surface area contributed by atoms with Crippen LogP contribution >= 0.6 is 11.3 Å². The lowest BCUT2D eigenvalue weighted by Crippen LogP contribution is -2.29.